The number of ether oxygens (including phenoxy) is 1. The van der Waals surface area contributed by atoms with Crippen LogP contribution in [0.5, 0.6) is 5.75 Å². The summed E-state index contributed by atoms with van der Waals surface area (Å²) in [5.74, 6) is -5.42. The molecule has 8 aliphatic rings. The zero-order valence-electron chi connectivity index (χ0n) is 34.7. The third-order valence-corrected chi connectivity index (χ3v) is 17.2. The summed E-state index contributed by atoms with van der Waals surface area (Å²) in [4.78, 5) is 51.3. The second-order valence-electron chi connectivity index (χ2n) is 19.9. The molecule has 322 valence electrons. The molecular weight excluding hydrogens is 773 g/mol. The quantitative estimate of drug-likeness (QED) is 0.171. The van der Waals surface area contributed by atoms with Crippen LogP contribution in [0.1, 0.15) is 106 Å². The molecule has 1 aromatic carbocycles. The first-order valence-corrected chi connectivity index (χ1v) is 21.3. The van der Waals surface area contributed by atoms with Crippen LogP contribution in [0.15, 0.2) is 68.5 Å². The van der Waals surface area contributed by atoms with Gasteiger partial charge in [-0.3, -0.25) is 19.3 Å². The number of ketones is 2. The van der Waals surface area contributed by atoms with Crippen molar-refractivity contribution in [2.45, 2.75) is 120 Å². The largest absolute Gasteiger partial charge is 0.510 e. The number of likely N-dealkylation sites (N-methyl/N-ethyl adjacent to an activating group) is 1. The predicted molar refractivity (Wildman–Crippen MR) is 214 cm³/mol. The fourth-order valence-corrected chi connectivity index (χ4v) is 14.2. The second kappa shape index (κ2) is 13.3. The maximum atomic E-state index is 13.3. The number of Topliss-reactive ketones (excluding diaryl/α,β-unsaturated/α-hetero) is 2. The van der Waals surface area contributed by atoms with Crippen LogP contribution in [0.3, 0.4) is 0 Å². The van der Waals surface area contributed by atoms with Gasteiger partial charge in [-0.2, -0.15) is 0 Å². The van der Waals surface area contributed by atoms with Crippen molar-refractivity contribution < 1.29 is 54.2 Å². The van der Waals surface area contributed by atoms with E-state index in [9.17, 15) is 49.8 Å². The smallest absolute Gasteiger partial charge is 0.335 e. The van der Waals surface area contributed by atoms with Crippen LogP contribution >= 0.6 is 0 Å². The molecular formula is C46H56N2O12. The SMILES string of the molecule is CN(C)[C@@H]1C(O)=C(C(N)=O)C(=O)[C@@]2(O)C(O)=C3C(=O)c4c(O)cccc4[C@@](C)(O)[C@H]3C[C@@H]12.C[C@]12CC[C@H](O)C[C@H]1CC[C@@H]1[C@@H]2CC[C@]2(C)[C@@H](c3ccc(=O)oc3)C[C@H]3O[C@]132. The summed E-state index contributed by atoms with van der Waals surface area (Å²) in [5, 5.41) is 65.3. The number of fused-ring (bicyclic) bond motifs is 6. The Morgan fingerprint density at radius 2 is 1.60 bits per heavy atom. The average molecular weight is 829 g/mol. The van der Waals surface area contributed by atoms with E-state index in [0.717, 1.165) is 25.2 Å². The molecule has 0 bridgehead atoms. The number of phenolic OH excluding ortho intramolecular Hbond substituents is 1. The van der Waals surface area contributed by atoms with Crippen molar-refractivity contribution in [3.05, 3.63) is 86.4 Å². The molecule has 7 aliphatic carbocycles. The maximum Gasteiger partial charge on any atom is 0.335 e. The van der Waals surface area contributed by atoms with Crippen molar-refractivity contribution in [1.82, 2.24) is 4.90 Å². The Bertz CT molecular complexity index is 2310. The van der Waals surface area contributed by atoms with Crippen molar-refractivity contribution in [2.75, 3.05) is 14.1 Å². The molecule has 14 nitrogen and oxygen atoms in total. The summed E-state index contributed by atoms with van der Waals surface area (Å²) < 4.78 is 11.8. The number of primary amides is 1. The van der Waals surface area contributed by atoms with Gasteiger partial charge >= 0.3 is 5.63 Å². The minimum absolute atomic E-state index is 0.0285. The minimum atomic E-state index is -2.75. The summed E-state index contributed by atoms with van der Waals surface area (Å²) in [5.41, 5.74) is 0.788. The molecule has 14 heteroatoms. The molecule has 0 unspecified atom stereocenters. The number of aliphatic hydroxyl groups is 5. The molecule has 1 saturated heterocycles. The van der Waals surface area contributed by atoms with Gasteiger partial charge in [0.2, 0.25) is 5.78 Å². The number of nitrogens with two attached hydrogens (primary N) is 1. The third-order valence-electron chi connectivity index (χ3n) is 17.2. The molecule has 14 atom stereocenters. The van der Waals surface area contributed by atoms with E-state index in [1.165, 1.54) is 81.8 Å². The summed E-state index contributed by atoms with van der Waals surface area (Å²) in [6.07, 6.45) is 10.9. The molecule has 10 rings (SSSR count). The fraction of sp³-hybridized carbons (Fsp3) is 0.609. The number of rotatable bonds is 3. The van der Waals surface area contributed by atoms with Gasteiger partial charge in [0, 0.05) is 28.9 Å². The first-order valence-electron chi connectivity index (χ1n) is 21.3. The first-order chi connectivity index (χ1) is 28.2. The van der Waals surface area contributed by atoms with Gasteiger partial charge in [0.1, 0.15) is 28.4 Å². The van der Waals surface area contributed by atoms with Crippen LogP contribution in [0, 0.1) is 40.4 Å². The molecule has 1 amide bonds. The highest BCUT2D eigenvalue weighted by Gasteiger charge is 2.80. The standard InChI is InChI=1S/C24H32O4.C22H24N2O8/c1-22-9-7-16(25)11-15(22)4-5-18-17(22)8-10-23(2)19(12-20-24(18,23)28-20)14-3-6-21(26)27-13-14;1-21(31)8-5-4-6-11(25)12(8)16(26)13-9(21)7-10-15(24(2)3)17(27)14(20(23)30)19(29)22(10,32)18(13)28/h3,6,13,15-20,25H,4-5,7-12H2,1-2H3;4-6,9-10,15,25,27-28,31-32H,7H2,1-3H3,(H2,23,30)/t15-,16+,17+,18-,19-,20-,22+,23-,24-;9-,10-,15-,21+,22-/m10/s1. The highest BCUT2D eigenvalue weighted by molar-refractivity contribution is 6.24. The first kappa shape index (κ1) is 41.0. The number of hydrogen-bond acceptors (Lipinski definition) is 13. The number of aliphatic hydroxyl groups excluding tert-OH is 3. The molecule has 0 radical (unpaired) electrons. The van der Waals surface area contributed by atoms with Crippen LogP contribution in [-0.4, -0.2) is 96.6 Å². The van der Waals surface area contributed by atoms with E-state index in [1.54, 1.807) is 12.3 Å². The fourth-order valence-electron chi connectivity index (χ4n) is 14.2. The van der Waals surface area contributed by atoms with E-state index in [1.807, 2.05) is 6.07 Å². The minimum Gasteiger partial charge on any atom is -0.510 e. The number of hydrogen-bond donors (Lipinski definition) is 7. The number of benzene rings is 1. The van der Waals surface area contributed by atoms with E-state index < -0.39 is 75.0 Å². The van der Waals surface area contributed by atoms with Crippen molar-refractivity contribution in [3.63, 3.8) is 0 Å². The van der Waals surface area contributed by atoms with Gasteiger partial charge < -0.3 is 45.5 Å². The molecule has 4 saturated carbocycles. The van der Waals surface area contributed by atoms with Crippen molar-refractivity contribution in [2.24, 2.45) is 46.2 Å². The Labute approximate surface area is 347 Å². The summed E-state index contributed by atoms with van der Waals surface area (Å²) in [7, 11) is 3.06. The van der Waals surface area contributed by atoms with Gasteiger partial charge in [-0.15, -0.1) is 0 Å². The highest BCUT2D eigenvalue weighted by atomic mass is 16.6. The van der Waals surface area contributed by atoms with E-state index in [-0.39, 0.29) is 40.3 Å². The van der Waals surface area contributed by atoms with Crippen LogP contribution in [0.2, 0.25) is 0 Å². The highest BCUT2D eigenvalue weighted by Crippen LogP contribution is 2.78. The van der Waals surface area contributed by atoms with Crippen LogP contribution in [0.25, 0.3) is 0 Å². The Hall–Kier alpha value is -4.34. The number of epoxide rings is 1. The summed E-state index contributed by atoms with van der Waals surface area (Å²) >= 11 is 0. The second-order valence-corrected chi connectivity index (χ2v) is 19.9. The van der Waals surface area contributed by atoms with Crippen LogP contribution in [0.4, 0.5) is 0 Å². The maximum absolute atomic E-state index is 13.3. The summed E-state index contributed by atoms with van der Waals surface area (Å²) in [6.45, 7) is 6.38. The van der Waals surface area contributed by atoms with Gasteiger partial charge in [0.05, 0.1) is 35.7 Å². The van der Waals surface area contributed by atoms with Gasteiger partial charge in [-0.05, 0) is 131 Å². The number of carbonyl (C=O) groups excluding carboxylic acids is 3. The number of aromatic hydroxyl groups is 1. The normalized spacial score (nSPS) is 43.6. The van der Waals surface area contributed by atoms with Gasteiger partial charge in [-0.25, -0.2) is 4.79 Å². The van der Waals surface area contributed by atoms with Crippen molar-refractivity contribution >= 4 is 17.5 Å². The lowest BCUT2D eigenvalue weighted by atomic mass is 9.44. The molecule has 1 aromatic heterocycles. The Balaban J connectivity index is 0.000000155. The number of carbonyl (C=O) groups is 3. The molecule has 60 heavy (non-hydrogen) atoms. The van der Waals surface area contributed by atoms with E-state index >= 15 is 0 Å². The van der Waals surface area contributed by atoms with E-state index in [4.69, 9.17) is 14.9 Å². The molecule has 5 fully saturated rings. The monoisotopic (exact) mass is 828 g/mol. The van der Waals surface area contributed by atoms with E-state index in [2.05, 4.69) is 13.8 Å². The van der Waals surface area contributed by atoms with Gasteiger partial charge in [0.15, 0.2) is 11.4 Å². The molecule has 2 heterocycles. The van der Waals surface area contributed by atoms with Crippen molar-refractivity contribution in [1.29, 1.82) is 0 Å². The topological polar surface area (TPSA) is 245 Å². The lowest BCUT2D eigenvalue weighted by molar-refractivity contribution is -0.151. The number of amides is 1. The van der Waals surface area contributed by atoms with Crippen LogP contribution < -0.4 is 11.4 Å². The van der Waals surface area contributed by atoms with E-state index in [0.29, 0.717) is 29.3 Å². The zero-order valence-corrected chi connectivity index (χ0v) is 34.7. The Morgan fingerprint density at radius 1 is 0.867 bits per heavy atom. The lowest BCUT2D eigenvalue weighted by Crippen LogP contribution is -2.65. The van der Waals surface area contributed by atoms with Crippen LogP contribution in [-0.2, 0) is 19.9 Å². The predicted octanol–water partition coefficient (Wildman–Crippen LogP) is 4.04. The Kier molecular flexibility index (Phi) is 9.12. The molecule has 2 aromatic rings. The molecule has 8 N–H and O–H groups in total. The lowest BCUT2D eigenvalue weighted by Gasteiger charge is -2.61. The molecule has 1 aliphatic heterocycles. The average Bonchev–Trinajstić information content (AvgIpc) is 3.84. The number of phenols is 1. The zero-order chi connectivity index (χ0) is 43.2. The van der Waals surface area contributed by atoms with Gasteiger partial charge in [0.25, 0.3) is 5.91 Å². The van der Waals surface area contributed by atoms with Gasteiger partial charge in [-0.1, -0.05) is 26.0 Å². The van der Waals surface area contributed by atoms with Crippen molar-refractivity contribution in [3.8, 4) is 5.75 Å². The molecule has 1 spiro atoms. The third kappa shape index (κ3) is 5.23. The number of nitrogens with zero attached hydrogens (tertiary/aromatic N) is 1. The summed E-state index contributed by atoms with van der Waals surface area (Å²) in [6, 6.07) is 6.60. The Morgan fingerprint density at radius 3 is 2.27 bits per heavy atom.